The summed E-state index contributed by atoms with van der Waals surface area (Å²) in [6.45, 7) is -0.639. The molecule has 0 aromatic heterocycles. The molecule has 9 heteroatoms. The molecular weight excluding hydrogens is 383 g/mol. The second kappa shape index (κ2) is 8.34. The number of ether oxygens (including phenoxy) is 2. The van der Waals surface area contributed by atoms with E-state index in [1.165, 1.54) is 7.11 Å². The number of fused-ring (bicyclic) bond motifs is 1. The number of amides is 1. The molecule has 1 N–H and O–H groups in total. The first-order chi connectivity index (χ1) is 13.9. The van der Waals surface area contributed by atoms with Gasteiger partial charge in [-0.2, -0.15) is 4.39 Å². The van der Waals surface area contributed by atoms with Gasteiger partial charge in [0, 0.05) is 11.8 Å². The molecule has 0 saturated carbocycles. The molecule has 8 nitrogen and oxygen atoms in total. The fourth-order valence-electron chi connectivity index (χ4n) is 2.68. The summed E-state index contributed by atoms with van der Waals surface area (Å²) in [4.78, 5) is 34.2. The van der Waals surface area contributed by atoms with Crippen LogP contribution in [0.25, 0.3) is 10.8 Å². The van der Waals surface area contributed by atoms with E-state index in [4.69, 9.17) is 9.47 Å². The number of methoxy groups -OCH3 is 1. The number of esters is 1. The Balaban J connectivity index is 1.69. The summed E-state index contributed by atoms with van der Waals surface area (Å²) in [5.74, 6) is -2.24. The van der Waals surface area contributed by atoms with Crippen LogP contribution in [0.4, 0.5) is 15.8 Å². The number of nitrogens with zero attached hydrogens (tertiary/aromatic N) is 1. The van der Waals surface area contributed by atoms with Crippen LogP contribution in [0.5, 0.6) is 5.75 Å². The molecule has 0 fully saturated rings. The summed E-state index contributed by atoms with van der Waals surface area (Å²) >= 11 is 0. The maximum atomic E-state index is 13.3. The minimum atomic E-state index is -1.03. The van der Waals surface area contributed by atoms with Crippen LogP contribution in [-0.4, -0.2) is 30.5 Å². The summed E-state index contributed by atoms with van der Waals surface area (Å²) in [5, 5.41) is 14.7. The predicted molar refractivity (Wildman–Crippen MR) is 102 cm³/mol. The molecule has 148 valence electrons. The Hall–Kier alpha value is -4.01. The lowest BCUT2D eigenvalue weighted by molar-refractivity contribution is -0.387. The van der Waals surface area contributed by atoms with Crippen molar-refractivity contribution < 1.29 is 28.4 Å². The first-order valence-electron chi connectivity index (χ1n) is 8.36. The first kappa shape index (κ1) is 19.7. The van der Waals surface area contributed by atoms with Crippen LogP contribution in [0.15, 0.2) is 54.6 Å². The average molecular weight is 398 g/mol. The van der Waals surface area contributed by atoms with Gasteiger partial charge in [0.15, 0.2) is 6.61 Å². The predicted octanol–water partition coefficient (Wildman–Crippen LogP) is 3.69. The number of hydrogen-bond acceptors (Lipinski definition) is 6. The lowest BCUT2D eigenvalue weighted by Gasteiger charge is -2.11. The number of carbonyl (C=O) groups excluding carboxylic acids is 2. The van der Waals surface area contributed by atoms with Gasteiger partial charge in [-0.05, 0) is 35.0 Å². The average Bonchev–Trinajstić information content (AvgIpc) is 2.72. The lowest BCUT2D eigenvalue weighted by atomic mass is 10.1. The van der Waals surface area contributed by atoms with Crippen LogP contribution in [-0.2, 0) is 9.53 Å². The molecule has 3 aromatic carbocycles. The highest BCUT2D eigenvalue weighted by molar-refractivity contribution is 6.00. The fraction of sp³-hybridized carbons (Fsp3) is 0.100. The lowest BCUT2D eigenvalue weighted by Crippen LogP contribution is -2.21. The SMILES string of the molecule is COc1cc2ccccc2cc1C(=O)OCC(=O)Nc1ccc(F)c([N+](=O)[O-])c1. The molecule has 0 aliphatic heterocycles. The number of benzene rings is 3. The molecule has 0 saturated heterocycles. The molecule has 1 amide bonds. The maximum absolute atomic E-state index is 13.3. The molecule has 0 atom stereocenters. The van der Waals surface area contributed by atoms with Gasteiger partial charge in [0.05, 0.1) is 12.0 Å². The smallest absolute Gasteiger partial charge is 0.342 e. The molecule has 0 unspecified atom stereocenters. The van der Waals surface area contributed by atoms with Crippen molar-refractivity contribution in [3.8, 4) is 5.75 Å². The molecule has 3 rings (SSSR count). The molecule has 0 aliphatic rings. The minimum Gasteiger partial charge on any atom is -0.496 e. The number of nitrogens with one attached hydrogen (secondary N) is 1. The summed E-state index contributed by atoms with van der Waals surface area (Å²) in [7, 11) is 1.41. The van der Waals surface area contributed by atoms with E-state index in [1.807, 2.05) is 24.3 Å². The van der Waals surface area contributed by atoms with Crippen molar-refractivity contribution in [3.05, 3.63) is 76.1 Å². The quantitative estimate of drug-likeness (QED) is 0.385. The molecule has 0 radical (unpaired) electrons. The molecule has 0 aliphatic carbocycles. The number of anilines is 1. The Morgan fingerprint density at radius 3 is 2.45 bits per heavy atom. The monoisotopic (exact) mass is 398 g/mol. The van der Waals surface area contributed by atoms with Crippen LogP contribution in [0.1, 0.15) is 10.4 Å². The van der Waals surface area contributed by atoms with Crippen molar-refractivity contribution in [1.29, 1.82) is 0 Å². The van der Waals surface area contributed by atoms with E-state index in [-0.39, 0.29) is 11.3 Å². The normalized spacial score (nSPS) is 10.4. The Bertz CT molecular complexity index is 1120. The number of halogens is 1. The van der Waals surface area contributed by atoms with Gasteiger partial charge >= 0.3 is 11.7 Å². The minimum absolute atomic E-state index is 0.00225. The van der Waals surface area contributed by atoms with Crippen molar-refractivity contribution in [2.24, 2.45) is 0 Å². The summed E-state index contributed by atoms with van der Waals surface area (Å²) in [5.41, 5.74) is -0.625. The molecular formula is C20H15FN2O6. The molecule has 0 heterocycles. The van der Waals surface area contributed by atoms with Gasteiger partial charge in [-0.1, -0.05) is 24.3 Å². The third kappa shape index (κ3) is 4.46. The topological polar surface area (TPSA) is 108 Å². The summed E-state index contributed by atoms with van der Waals surface area (Å²) < 4.78 is 23.6. The highest BCUT2D eigenvalue weighted by Gasteiger charge is 2.18. The first-order valence-corrected chi connectivity index (χ1v) is 8.36. The standard InChI is InChI=1S/C20H15FN2O6/c1-28-18-9-13-5-3-2-4-12(13)8-15(18)20(25)29-11-19(24)22-14-6-7-16(21)17(10-14)23(26)27/h2-10H,11H2,1H3,(H,22,24). The Morgan fingerprint density at radius 1 is 1.10 bits per heavy atom. The van der Waals surface area contributed by atoms with E-state index in [2.05, 4.69) is 5.32 Å². The number of nitro benzene ring substituents is 1. The zero-order valence-electron chi connectivity index (χ0n) is 15.2. The van der Waals surface area contributed by atoms with Crippen LogP contribution in [0, 0.1) is 15.9 Å². The largest absolute Gasteiger partial charge is 0.496 e. The van der Waals surface area contributed by atoms with E-state index in [0.29, 0.717) is 5.75 Å². The second-order valence-electron chi connectivity index (χ2n) is 5.95. The Labute approximate surface area is 164 Å². The zero-order chi connectivity index (χ0) is 21.0. The van der Waals surface area contributed by atoms with Gasteiger partial charge < -0.3 is 14.8 Å². The van der Waals surface area contributed by atoms with E-state index in [0.717, 1.165) is 29.0 Å². The van der Waals surface area contributed by atoms with Crippen LogP contribution < -0.4 is 10.1 Å². The van der Waals surface area contributed by atoms with Crippen molar-refractivity contribution in [2.45, 2.75) is 0 Å². The van der Waals surface area contributed by atoms with Gasteiger partial charge in [-0.15, -0.1) is 0 Å². The Kier molecular flexibility index (Phi) is 5.68. The van der Waals surface area contributed by atoms with Crippen LogP contribution >= 0.6 is 0 Å². The molecule has 29 heavy (non-hydrogen) atoms. The molecule has 0 bridgehead atoms. The van der Waals surface area contributed by atoms with Crippen molar-refractivity contribution in [1.82, 2.24) is 0 Å². The molecule has 0 spiro atoms. The zero-order valence-corrected chi connectivity index (χ0v) is 15.2. The third-order valence-electron chi connectivity index (χ3n) is 4.05. The van der Waals surface area contributed by atoms with E-state index in [9.17, 15) is 24.1 Å². The number of hydrogen-bond donors (Lipinski definition) is 1. The maximum Gasteiger partial charge on any atom is 0.342 e. The number of nitro groups is 1. The Morgan fingerprint density at radius 2 is 1.79 bits per heavy atom. The van der Waals surface area contributed by atoms with E-state index in [1.54, 1.807) is 12.1 Å². The summed E-state index contributed by atoms with van der Waals surface area (Å²) in [6.07, 6.45) is 0. The van der Waals surface area contributed by atoms with Crippen LogP contribution in [0.2, 0.25) is 0 Å². The summed E-state index contributed by atoms with van der Waals surface area (Å²) in [6, 6.07) is 13.5. The van der Waals surface area contributed by atoms with Crippen LogP contribution in [0.3, 0.4) is 0 Å². The fourth-order valence-corrected chi connectivity index (χ4v) is 2.68. The number of carbonyl (C=O) groups is 2. The van der Waals surface area contributed by atoms with Gasteiger partial charge in [0.2, 0.25) is 5.82 Å². The third-order valence-corrected chi connectivity index (χ3v) is 4.05. The van der Waals surface area contributed by atoms with Crippen molar-refractivity contribution in [3.63, 3.8) is 0 Å². The van der Waals surface area contributed by atoms with Gasteiger partial charge in [0.1, 0.15) is 11.3 Å². The van der Waals surface area contributed by atoms with Gasteiger partial charge in [-0.25, -0.2) is 4.79 Å². The van der Waals surface area contributed by atoms with E-state index < -0.39 is 34.9 Å². The van der Waals surface area contributed by atoms with E-state index >= 15 is 0 Å². The molecule has 3 aromatic rings. The second-order valence-corrected chi connectivity index (χ2v) is 5.95. The van der Waals surface area contributed by atoms with Gasteiger partial charge in [-0.3, -0.25) is 14.9 Å². The highest BCUT2D eigenvalue weighted by Crippen LogP contribution is 2.26. The van der Waals surface area contributed by atoms with Gasteiger partial charge in [0.25, 0.3) is 5.91 Å². The highest BCUT2D eigenvalue weighted by atomic mass is 19.1. The number of rotatable bonds is 6. The van der Waals surface area contributed by atoms with Crippen molar-refractivity contribution >= 4 is 34.0 Å². The van der Waals surface area contributed by atoms with Crippen molar-refractivity contribution in [2.75, 3.05) is 19.0 Å².